The Balaban J connectivity index is 2.49. The first-order valence-corrected chi connectivity index (χ1v) is 7.39. The maximum atomic E-state index is 11.5. The zero-order valence-electron chi connectivity index (χ0n) is 10.8. The molecule has 0 unspecified atom stereocenters. The summed E-state index contributed by atoms with van der Waals surface area (Å²) >= 11 is 0. The Labute approximate surface area is 115 Å². The molecule has 0 bridgehead atoms. The van der Waals surface area contributed by atoms with Crippen LogP contribution in [0.25, 0.3) is 0 Å². The Morgan fingerprint density at radius 2 is 2.10 bits per heavy atom. The van der Waals surface area contributed by atoms with Crippen LogP contribution in [0, 0.1) is 6.92 Å². The molecule has 0 saturated heterocycles. The van der Waals surface area contributed by atoms with Crippen LogP contribution in [0.5, 0.6) is 0 Å². The van der Waals surface area contributed by atoms with Gasteiger partial charge in [-0.15, -0.1) is 0 Å². The number of aromatic carboxylic acids is 1. The first-order valence-electron chi connectivity index (χ1n) is 5.67. The second-order valence-corrected chi connectivity index (χ2v) is 5.88. The highest BCUT2D eigenvalue weighted by Crippen LogP contribution is 2.16. The number of amides is 2. The minimum absolute atomic E-state index is 0.105. The summed E-state index contributed by atoms with van der Waals surface area (Å²) in [6.07, 6.45) is 0.171. The van der Waals surface area contributed by atoms with Gasteiger partial charge < -0.3 is 20.7 Å². The first-order chi connectivity index (χ1) is 9.19. The van der Waals surface area contributed by atoms with E-state index < -0.39 is 22.0 Å². The number of carboxylic acid groups (broad SMARTS) is 1. The molecule has 112 valence electrons. The third-order valence-corrected chi connectivity index (χ3v) is 3.16. The number of carbonyl (C=O) groups excluding carboxylic acids is 1. The number of rotatable bonds is 6. The Bertz CT molecular complexity index is 607. The minimum atomic E-state index is -3.55. The van der Waals surface area contributed by atoms with Crippen LogP contribution < -0.4 is 15.8 Å². The van der Waals surface area contributed by atoms with Gasteiger partial charge in [-0.25, -0.2) is 23.1 Å². The number of urea groups is 1. The molecule has 2 amide bonds. The molecule has 20 heavy (non-hydrogen) atoms. The largest absolute Gasteiger partial charge is 0.477 e. The average molecular weight is 304 g/mol. The van der Waals surface area contributed by atoms with Crippen molar-refractivity contribution in [1.82, 2.24) is 10.3 Å². The molecule has 9 nitrogen and oxygen atoms in total. The monoisotopic (exact) mass is 304 g/mol. The predicted molar refractivity (Wildman–Crippen MR) is 72.1 cm³/mol. The number of carboxylic acids is 1. The van der Waals surface area contributed by atoms with Crippen molar-refractivity contribution < 1.29 is 23.1 Å². The highest BCUT2D eigenvalue weighted by Gasteiger charge is 2.15. The van der Waals surface area contributed by atoms with Gasteiger partial charge in [-0.3, -0.25) is 0 Å². The molecule has 1 aromatic rings. The molecule has 0 aliphatic rings. The van der Waals surface area contributed by atoms with Crippen LogP contribution >= 0.6 is 0 Å². The summed E-state index contributed by atoms with van der Waals surface area (Å²) in [5.41, 5.74) is 0.605. The van der Waals surface area contributed by atoms with E-state index in [1.165, 1.54) is 6.07 Å². The van der Waals surface area contributed by atoms with Crippen LogP contribution in [0.3, 0.4) is 0 Å². The summed E-state index contributed by atoms with van der Waals surface area (Å²) in [5.74, 6) is -1.43. The normalized spacial score (nSPS) is 11.1. The third-order valence-electron chi connectivity index (χ3n) is 2.31. The molecule has 0 saturated carbocycles. The molecular weight excluding hydrogens is 288 g/mol. The van der Waals surface area contributed by atoms with Gasteiger partial charge in [-0.2, -0.15) is 0 Å². The smallest absolute Gasteiger partial charge is 0.354 e. The molecule has 0 atom stereocenters. The number of anilines is 1. The van der Waals surface area contributed by atoms with Crippen LogP contribution in [-0.2, 0) is 10.0 Å². The van der Waals surface area contributed by atoms with Crippen molar-refractivity contribution in [2.45, 2.75) is 13.3 Å². The lowest BCUT2D eigenvalue weighted by molar-refractivity contribution is 0.0692. The van der Waals surface area contributed by atoms with E-state index in [-0.39, 0.29) is 30.1 Å². The highest BCUT2D eigenvalue weighted by molar-refractivity contribution is 7.89. The van der Waals surface area contributed by atoms with Crippen LogP contribution in [0.4, 0.5) is 10.5 Å². The number of aromatic nitrogens is 1. The maximum Gasteiger partial charge on any atom is 0.354 e. The fourth-order valence-electron chi connectivity index (χ4n) is 1.50. The van der Waals surface area contributed by atoms with Crippen molar-refractivity contribution in [3.05, 3.63) is 17.5 Å². The van der Waals surface area contributed by atoms with Gasteiger partial charge in [-0.1, -0.05) is 0 Å². The van der Waals surface area contributed by atoms with E-state index in [1.54, 1.807) is 6.92 Å². The molecule has 0 radical (unpaired) electrons. The van der Waals surface area contributed by atoms with E-state index in [4.69, 9.17) is 10.2 Å². The van der Waals surface area contributed by atoms with Crippen molar-refractivity contribution in [3.63, 3.8) is 0 Å². The SMILES string of the molecule is Cc1cc(NC(=O)NCCCS(N)(=O)=O)c(C(=O)O)[nH]1. The molecule has 1 rings (SSSR count). The number of H-pyrrole nitrogens is 1. The predicted octanol–water partition coefficient (Wildman–Crippen LogP) is -0.179. The Kier molecular flexibility index (Phi) is 5.11. The Hall–Kier alpha value is -2.07. The number of hydrogen-bond donors (Lipinski definition) is 5. The van der Waals surface area contributed by atoms with Crippen molar-refractivity contribution in [2.24, 2.45) is 5.14 Å². The van der Waals surface area contributed by atoms with Gasteiger partial charge in [0.1, 0.15) is 5.69 Å². The molecule has 6 N–H and O–H groups in total. The molecule has 0 aliphatic heterocycles. The van der Waals surface area contributed by atoms with E-state index in [9.17, 15) is 18.0 Å². The van der Waals surface area contributed by atoms with Crippen molar-refractivity contribution in [2.75, 3.05) is 17.6 Å². The number of aryl methyl sites for hydroxylation is 1. The summed E-state index contributed by atoms with van der Waals surface area (Å²) in [6, 6.07) is 0.855. The first kappa shape index (κ1) is 16.0. The standard InChI is InChI=1S/C10H16N4O5S/c1-6-5-7(8(13-6)9(15)16)14-10(17)12-3-2-4-20(11,18)19/h5,13H,2-4H2,1H3,(H,15,16)(H2,11,18,19)(H2,12,14,17). The Morgan fingerprint density at radius 1 is 1.45 bits per heavy atom. The van der Waals surface area contributed by atoms with Gasteiger partial charge in [-0.05, 0) is 19.4 Å². The van der Waals surface area contributed by atoms with Gasteiger partial charge in [0.05, 0.1) is 11.4 Å². The van der Waals surface area contributed by atoms with Crippen molar-refractivity contribution in [1.29, 1.82) is 0 Å². The fourth-order valence-corrected chi connectivity index (χ4v) is 2.05. The number of hydrogen-bond acceptors (Lipinski definition) is 4. The summed E-state index contributed by atoms with van der Waals surface area (Å²) in [7, 11) is -3.55. The van der Waals surface area contributed by atoms with Gasteiger partial charge in [0.25, 0.3) is 0 Å². The van der Waals surface area contributed by atoms with E-state index in [1.807, 2.05) is 0 Å². The van der Waals surface area contributed by atoms with Crippen LogP contribution in [-0.4, -0.2) is 42.8 Å². The van der Waals surface area contributed by atoms with Crippen LogP contribution in [0.2, 0.25) is 0 Å². The number of carbonyl (C=O) groups is 2. The van der Waals surface area contributed by atoms with E-state index in [2.05, 4.69) is 15.6 Å². The van der Waals surface area contributed by atoms with E-state index >= 15 is 0 Å². The van der Waals surface area contributed by atoms with E-state index in [0.29, 0.717) is 5.69 Å². The van der Waals surface area contributed by atoms with Crippen molar-refractivity contribution >= 4 is 27.7 Å². The lowest BCUT2D eigenvalue weighted by atomic mass is 10.3. The lowest BCUT2D eigenvalue weighted by Crippen LogP contribution is -2.31. The lowest BCUT2D eigenvalue weighted by Gasteiger charge is -2.06. The minimum Gasteiger partial charge on any atom is -0.477 e. The summed E-state index contributed by atoms with van der Waals surface area (Å²) in [4.78, 5) is 25.0. The maximum absolute atomic E-state index is 11.5. The molecular formula is C10H16N4O5S. The second kappa shape index (κ2) is 6.39. The molecule has 1 aromatic heterocycles. The second-order valence-electron chi connectivity index (χ2n) is 4.15. The number of primary sulfonamides is 1. The zero-order chi connectivity index (χ0) is 15.3. The fraction of sp³-hybridized carbons (Fsp3) is 0.400. The van der Waals surface area contributed by atoms with Crippen LogP contribution in [0.15, 0.2) is 6.07 Å². The number of nitrogens with one attached hydrogen (secondary N) is 3. The summed E-state index contributed by atoms with van der Waals surface area (Å²) in [5, 5.41) is 18.5. The molecule has 10 heteroatoms. The summed E-state index contributed by atoms with van der Waals surface area (Å²) in [6.45, 7) is 1.76. The van der Waals surface area contributed by atoms with Gasteiger partial charge in [0.15, 0.2) is 0 Å². The number of nitrogens with two attached hydrogens (primary N) is 1. The molecule has 0 aliphatic carbocycles. The molecule has 0 fully saturated rings. The molecule has 0 aromatic carbocycles. The average Bonchev–Trinajstić information content (AvgIpc) is 2.64. The van der Waals surface area contributed by atoms with Gasteiger partial charge in [0, 0.05) is 12.2 Å². The zero-order valence-corrected chi connectivity index (χ0v) is 11.6. The molecule has 1 heterocycles. The van der Waals surface area contributed by atoms with Crippen molar-refractivity contribution in [3.8, 4) is 0 Å². The highest BCUT2D eigenvalue weighted by atomic mass is 32.2. The third kappa shape index (κ3) is 5.28. The number of sulfonamides is 1. The Morgan fingerprint density at radius 3 is 2.65 bits per heavy atom. The summed E-state index contributed by atoms with van der Waals surface area (Å²) < 4.78 is 21.3. The van der Waals surface area contributed by atoms with Gasteiger partial charge in [0.2, 0.25) is 10.0 Å². The van der Waals surface area contributed by atoms with E-state index in [0.717, 1.165) is 0 Å². The molecule has 0 spiro atoms. The van der Waals surface area contributed by atoms with Crippen LogP contribution in [0.1, 0.15) is 22.6 Å². The van der Waals surface area contributed by atoms with Gasteiger partial charge >= 0.3 is 12.0 Å². The number of aromatic amines is 1. The topological polar surface area (TPSA) is 154 Å². The quantitative estimate of drug-likeness (QED) is 0.461.